The van der Waals surface area contributed by atoms with E-state index in [0.29, 0.717) is 5.56 Å². The Morgan fingerprint density at radius 3 is 2.61 bits per heavy atom. The normalized spacial score (nSPS) is 11.1. The van der Waals surface area contributed by atoms with Gasteiger partial charge in [-0.1, -0.05) is 13.3 Å². The van der Waals surface area contributed by atoms with Gasteiger partial charge in [-0.05, 0) is 43.5 Å². The molecule has 3 nitrogen and oxygen atoms in total. The number of hydrogen-bond acceptors (Lipinski definition) is 1. The lowest BCUT2D eigenvalue weighted by molar-refractivity contribution is 0.0696. The predicted molar refractivity (Wildman–Crippen MR) is 73.3 cm³/mol. The highest BCUT2D eigenvalue weighted by atomic mass is 16.4. The number of aromatic nitrogens is 1. The van der Waals surface area contributed by atoms with Crippen molar-refractivity contribution in [3.8, 4) is 0 Å². The number of benzene rings is 1. The lowest BCUT2D eigenvalue weighted by atomic mass is 10.0. The number of carboxylic acid groups (broad SMARTS) is 1. The van der Waals surface area contributed by atoms with E-state index >= 15 is 0 Å². The smallest absolute Gasteiger partial charge is 0.336 e. The first-order valence-corrected chi connectivity index (χ1v) is 6.38. The van der Waals surface area contributed by atoms with Crippen LogP contribution in [0.1, 0.15) is 41.3 Å². The van der Waals surface area contributed by atoms with Gasteiger partial charge in [-0.3, -0.25) is 0 Å². The minimum atomic E-state index is -0.852. The minimum Gasteiger partial charge on any atom is -0.478 e. The second kappa shape index (κ2) is 4.84. The second-order valence-corrected chi connectivity index (χ2v) is 4.85. The minimum absolute atomic E-state index is 0.401. The van der Waals surface area contributed by atoms with Crippen molar-refractivity contribution < 1.29 is 9.90 Å². The quantitative estimate of drug-likeness (QED) is 0.891. The summed E-state index contributed by atoms with van der Waals surface area (Å²) in [6, 6.07) is 3.78. The molecule has 2 aromatic rings. The van der Waals surface area contributed by atoms with Crippen molar-refractivity contribution in [2.45, 2.75) is 40.2 Å². The lowest BCUT2D eigenvalue weighted by Crippen LogP contribution is -2.01. The summed E-state index contributed by atoms with van der Waals surface area (Å²) in [5, 5.41) is 10.4. The van der Waals surface area contributed by atoms with Gasteiger partial charge in [0.2, 0.25) is 0 Å². The Balaban J connectivity index is 2.60. The van der Waals surface area contributed by atoms with E-state index in [-0.39, 0.29) is 0 Å². The molecule has 0 atom stereocenters. The average Bonchev–Trinajstić information content (AvgIpc) is 2.62. The highest BCUT2D eigenvalue weighted by Gasteiger charge is 2.12. The molecule has 0 saturated heterocycles. The molecule has 1 N–H and O–H groups in total. The fourth-order valence-corrected chi connectivity index (χ4v) is 2.37. The van der Waals surface area contributed by atoms with Crippen LogP contribution in [0.4, 0.5) is 0 Å². The Morgan fingerprint density at radius 2 is 2.00 bits per heavy atom. The topological polar surface area (TPSA) is 42.2 Å². The monoisotopic (exact) mass is 245 g/mol. The molecule has 0 saturated carbocycles. The Labute approximate surface area is 107 Å². The van der Waals surface area contributed by atoms with E-state index in [4.69, 9.17) is 0 Å². The Kier molecular flexibility index (Phi) is 3.41. The Hall–Kier alpha value is -1.77. The fourth-order valence-electron chi connectivity index (χ4n) is 2.37. The van der Waals surface area contributed by atoms with Crippen molar-refractivity contribution in [3.63, 3.8) is 0 Å². The maximum atomic E-state index is 11.2. The van der Waals surface area contributed by atoms with Gasteiger partial charge in [-0.15, -0.1) is 0 Å². The molecule has 0 fully saturated rings. The van der Waals surface area contributed by atoms with Gasteiger partial charge in [0.05, 0.1) is 5.56 Å². The van der Waals surface area contributed by atoms with Crippen LogP contribution >= 0.6 is 0 Å². The van der Waals surface area contributed by atoms with E-state index in [9.17, 15) is 9.90 Å². The third-order valence-electron chi connectivity index (χ3n) is 3.41. The van der Waals surface area contributed by atoms with Crippen LogP contribution < -0.4 is 0 Å². The molecule has 1 aromatic carbocycles. The van der Waals surface area contributed by atoms with E-state index in [0.717, 1.165) is 35.9 Å². The van der Waals surface area contributed by atoms with Crippen molar-refractivity contribution in [1.82, 2.24) is 4.57 Å². The van der Waals surface area contributed by atoms with E-state index < -0.39 is 5.97 Å². The van der Waals surface area contributed by atoms with Gasteiger partial charge in [0.1, 0.15) is 0 Å². The summed E-state index contributed by atoms with van der Waals surface area (Å²) in [7, 11) is 0. The summed E-state index contributed by atoms with van der Waals surface area (Å²) in [5.74, 6) is -0.852. The van der Waals surface area contributed by atoms with Crippen LogP contribution in [0, 0.1) is 13.8 Å². The summed E-state index contributed by atoms with van der Waals surface area (Å²) < 4.78 is 2.17. The van der Waals surface area contributed by atoms with Gasteiger partial charge >= 0.3 is 5.97 Å². The first kappa shape index (κ1) is 12.7. The molecule has 0 bridgehead atoms. The highest BCUT2D eigenvalue weighted by Crippen LogP contribution is 2.25. The summed E-state index contributed by atoms with van der Waals surface area (Å²) in [4.78, 5) is 11.2. The summed E-state index contributed by atoms with van der Waals surface area (Å²) in [6.45, 7) is 7.03. The van der Waals surface area contributed by atoms with E-state index in [2.05, 4.69) is 24.6 Å². The molecular formula is C15H19NO2. The summed E-state index contributed by atoms with van der Waals surface area (Å²) in [6.07, 6.45) is 4.36. The van der Waals surface area contributed by atoms with Crippen molar-refractivity contribution in [2.24, 2.45) is 0 Å². The van der Waals surface area contributed by atoms with Crippen LogP contribution in [0.3, 0.4) is 0 Å². The standard InChI is InChI=1S/C15H19NO2/c1-4-5-6-16-9-11(3)12-7-10(2)13(15(17)18)8-14(12)16/h7-9H,4-6H2,1-3H3,(H,17,18). The van der Waals surface area contributed by atoms with Crippen LogP contribution in [-0.2, 0) is 6.54 Å². The maximum absolute atomic E-state index is 11.2. The van der Waals surface area contributed by atoms with Crippen LogP contribution in [0.2, 0.25) is 0 Å². The molecule has 0 aliphatic heterocycles. The number of carbonyl (C=O) groups is 1. The number of fused-ring (bicyclic) bond motifs is 1. The van der Waals surface area contributed by atoms with Crippen molar-refractivity contribution in [2.75, 3.05) is 0 Å². The largest absolute Gasteiger partial charge is 0.478 e. The molecule has 0 aliphatic carbocycles. The number of carboxylic acids is 1. The second-order valence-electron chi connectivity index (χ2n) is 4.85. The Morgan fingerprint density at radius 1 is 1.28 bits per heavy atom. The summed E-state index contributed by atoms with van der Waals surface area (Å²) in [5.41, 5.74) is 3.47. The molecule has 0 unspecified atom stereocenters. The van der Waals surface area contributed by atoms with Crippen molar-refractivity contribution >= 4 is 16.9 Å². The van der Waals surface area contributed by atoms with E-state index in [1.165, 1.54) is 5.56 Å². The molecule has 1 aromatic heterocycles. The van der Waals surface area contributed by atoms with Gasteiger partial charge in [0.15, 0.2) is 0 Å². The number of aromatic carboxylic acids is 1. The summed E-state index contributed by atoms with van der Waals surface area (Å²) >= 11 is 0. The molecule has 1 heterocycles. The molecule has 96 valence electrons. The fraction of sp³-hybridized carbons (Fsp3) is 0.400. The van der Waals surface area contributed by atoms with Gasteiger partial charge in [-0.2, -0.15) is 0 Å². The molecule has 3 heteroatoms. The molecular weight excluding hydrogens is 226 g/mol. The molecule has 0 radical (unpaired) electrons. The average molecular weight is 245 g/mol. The zero-order valence-electron chi connectivity index (χ0n) is 11.2. The first-order valence-electron chi connectivity index (χ1n) is 6.38. The number of hydrogen-bond donors (Lipinski definition) is 1. The molecule has 18 heavy (non-hydrogen) atoms. The molecule has 0 amide bonds. The molecule has 0 spiro atoms. The van der Waals surface area contributed by atoms with Crippen molar-refractivity contribution in [1.29, 1.82) is 0 Å². The van der Waals surface area contributed by atoms with Crippen LogP contribution in [0.25, 0.3) is 10.9 Å². The predicted octanol–water partition coefficient (Wildman–Crippen LogP) is 3.76. The van der Waals surface area contributed by atoms with Crippen LogP contribution in [0.15, 0.2) is 18.3 Å². The zero-order chi connectivity index (χ0) is 13.3. The van der Waals surface area contributed by atoms with Crippen LogP contribution in [0.5, 0.6) is 0 Å². The van der Waals surface area contributed by atoms with E-state index in [1.54, 1.807) is 6.07 Å². The number of rotatable bonds is 4. The third-order valence-corrected chi connectivity index (χ3v) is 3.41. The first-order chi connectivity index (χ1) is 8.54. The van der Waals surface area contributed by atoms with Gasteiger partial charge in [0, 0.05) is 23.6 Å². The number of nitrogens with zero attached hydrogens (tertiary/aromatic N) is 1. The Bertz CT molecular complexity index is 596. The van der Waals surface area contributed by atoms with E-state index in [1.807, 2.05) is 13.0 Å². The number of unbranched alkanes of at least 4 members (excludes halogenated alkanes) is 1. The highest BCUT2D eigenvalue weighted by molar-refractivity contribution is 5.96. The lowest BCUT2D eigenvalue weighted by Gasteiger charge is -2.06. The van der Waals surface area contributed by atoms with Crippen LogP contribution in [-0.4, -0.2) is 15.6 Å². The molecule has 0 aliphatic rings. The molecule has 2 rings (SSSR count). The number of aryl methyl sites for hydroxylation is 3. The van der Waals surface area contributed by atoms with Gasteiger partial charge in [0.25, 0.3) is 0 Å². The SMILES string of the molecule is CCCCn1cc(C)c2cc(C)c(C(=O)O)cc21. The zero-order valence-corrected chi connectivity index (χ0v) is 11.2. The third kappa shape index (κ3) is 2.13. The van der Waals surface area contributed by atoms with Crippen molar-refractivity contribution in [3.05, 3.63) is 35.0 Å². The van der Waals surface area contributed by atoms with Gasteiger partial charge < -0.3 is 9.67 Å². The maximum Gasteiger partial charge on any atom is 0.336 e. The van der Waals surface area contributed by atoms with Gasteiger partial charge in [-0.25, -0.2) is 4.79 Å².